The van der Waals surface area contributed by atoms with Gasteiger partial charge in [-0.25, -0.2) is 0 Å². The van der Waals surface area contributed by atoms with Gasteiger partial charge in [-0.1, -0.05) is 77.3 Å². The molecule has 0 atom stereocenters. The number of amides is 1. The van der Waals surface area contributed by atoms with Crippen molar-refractivity contribution >= 4 is 46.8 Å². The average molecular weight is 500 g/mol. The number of nitrogens with zero attached hydrogens (tertiary/aromatic N) is 1. The molecule has 0 bridgehead atoms. The fourth-order valence-electron chi connectivity index (χ4n) is 3.09. The van der Waals surface area contributed by atoms with E-state index >= 15 is 0 Å². The van der Waals surface area contributed by atoms with Gasteiger partial charge in [0.2, 0.25) is 0 Å². The van der Waals surface area contributed by atoms with Crippen LogP contribution in [0, 0.1) is 11.3 Å². The fraction of sp³-hybridized carbons (Fsp3) is 0.154. The van der Waals surface area contributed by atoms with Gasteiger partial charge in [0.25, 0.3) is 5.91 Å². The molecule has 1 amide bonds. The molecule has 0 aliphatic carbocycles. The third kappa shape index (κ3) is 7.54. The Morgan fingerprint density at radius 2 is 1.64 bits per heavy atom. The second-order valence-corrected chi connectivity index (χ2v) is 8.49. The van der Waals surface area contributed by atoms with Crippen LogP contribution in [0.3, 0.4) is 0 Å². The number of hydrogen-bond donors (Lipinski definition) is 1. The monoisotopic (exact) mass is 498 g/mol. The van der Waals surface area contributed by atoms with E-state index in [1.165, 1.54) is 11.6 Å². The third-order valence-corrected chi connectivity index (χ3v) is 5.58. The summed E-state index contributed by atoms with van der Waals surface area (Å²) < 4.78 is 5.76. The van der Waals surface area contributed by atoms with Gasteiger partial charge in [-0.2, -0.15) is 5.26 Å². The SMILES string of the molecule is N#C/C(=C/c1cc(Cl)c(OCc2ccc(Cl)cc2)c(Cl)c1)C(=O)NCCCc1ccccc1. The van der Waals surface area contributed by atoms with E-state index < -0.39 is 5.91 Å². The number of aryl methyl sites for hydroxylation is 1. The fourth-order valence-corrected chi connectivity index (χ4v) is 3.83. The van der Waals surface area contributed by atoms with Crippen molar-refractivity contribution in [2.75, 3.05) is 6.54 Å². The Balaban J connectivity index is 1.60. The predicted molar refractivity (Wildman–Crippen MR) is 134 cm³/mol. The van der Waals surface area contributed by atoms with Crippen LogP contribution in [0.2, 0.25) is 15.1 Å². The molecule has 0 saturated heterocycles. The molecule has 3 rings (SSSR count). The van der Waals surface area contributed by atoms with E-state index in [1.807, 2.05) is 48.5 Å². The number of nitrogens with one attached hydrogen (secondary N) is 1. The van der Waals surface area contributed by atoms with Crippen molar-refractivity contribution in [2.45, 2.75) is 19.4 Å². The molecule has 0 heterocycles. The number of carbonyl (C=O) groups excluding carboxylic acids is 1. The lowest BCUT2D eigenvalue weighted by atomic mass is 10.1. The van der Waals surface area contributed by atoms with Gasteiger partial charge in [0.05, 0.1) is 10.0 Å². The molecule has 0 saturated carbocycles. The van der Waals surface area contributed by atoms with Gasteiger partial charge in [-0.15, -0.1) is 0 Å². The number of benzene rings is 3. The van der Waals surface area contributed by atoms with Crippen LogP contribution in [0.4, 0.5) is 0 Å². The van der Waals surface area contributed by atoms with Crippen molar-refractivity contribution in [1.29, 1.82) is 5.26 Å². The highest BCUT2D eigenvalue weighted by Gasteiger charge is 2.13. The smallest absolute Gasteiger partial charge is 0.261 e. The normalized spacial score (nSPS) is 11.0. The Morgan fingerprint density at radius 3 is 2.27 bits per heavy atom. The van der Waals surface area contributed by atoms with Crippen LogP contribution in [0.1, 0.15) is 23.1 Å². The highest BCUT2D eigenvalue weighted by Crippen LogP contribution is 2.35. The molecule has 0 unspecified atom stereocenters. The lowest BCUT2D eigenvalue weighted by Crippen LogP contribution is -2.25. The lowest BCUT2D eigenvalue weighted by Gasteiger charge is -2.11. The molecule has 168 valence electrons. The number of halogens is 3. The van der Waals surface area contributed by atoms with Crippen molar-refractivity contribution in [1.82, 2.24) is 5.32 Å². The summed E-state index contributed by atoms with van der Waals surface area (Å²) in [5.41, 5.74) is 2.60. The molecular weight excluding hydrogens is 479 g/mol. The summed E-state index contributed by atoms with van der Waals surface area (Å²) in [7, 11) is 0. The Bertz CT molecular complexity index is 1150. The Morgan fingerprint density at radius 1 is 0.970 bits per heavy atom. The van der Waals surface area contributed by atoms with Gasteiger partial charge >= 0.3 is 0 Å². The quantitative estimate of drug-likeness (QED) is 0.198. The highest BCUT2D eigenvalue weighted by molar-refractivity contribution is 6.37. The Hall–Kier alpha value is -2.97. The Kier molecular flexibility index (Phi) is 9.21. The highest BCUT2D eigenvalue weighted by atomic mass is 35.5. The summed E-state index contributed by atoms with van der Waals surface area (Å²) in [6, 6.07) is 22.4. The molecule has 0 spiro atoms. The summed E-state index contributed by atoms with van der Waals surface area (Å²) in [5.74, 6) is -0.116. The van der Waals surface area contributed by atoms with Gasteiger partial charge in [-0.3, -0.25) is 4.79 Å². The zero-order chi connectivity index (χ0) is 23.6. The van der Waals surface area contributed by atoms with Crippen LogP contribution < -0.4 is 10.1 Å². The van der Waals surface area contributed by atoms with Crippen molar-refractivity contribution in [3.8, 4) is 11.8 Å². The molecule has 4 nitrogen and oxygen atoms in total. The van der Waals surface area contributed by atoms with Gasteiger partial charge in [0.1, 0.15) is 18.2 Å². The number of rotatable bonds is 9. The second kappa shape index (κ2) is 12.3. The molecule has 0 aromatic heterocycles. The Labute approximate surface area is 208 Å². The van der Waals surface area contributed by atoms with E-state index in [4.69, 9.17) is 39.5 Å². The van der Waals surface area contributed by atoms with Crippen LogP contribution in [-0.2, 0) is 17.8 Å². The zero-order valence-electron chi connectivity index (χ0n) is 17.7. The van der Waals surface area contributed by atoms with Gasteiger partial charge in [0.15, 0.2) is 5.75 Å². The molecule has 3 aromatic rings. The first-order chi connectivity index (χ1) is 16.0. The standard InChI is InChI=1S/C26H21Cl3N2O2/c27-22-10-8-19(9-11-22)17-33-25-23(28)14-20(15-24(25)29)13-21(16-30)26(32)31-12-4-7-18-5-2-1-3-6-18/h1-3,5-6,8-11,13-15H,4,7,12,17H2,(H,31,32)/b21-13-. The molecule has 0 aliphatic heterocycles. The molecule has 1 N–H and O–H groups in total. The molecule has 33 heavy (non-hydrogen) atoms. The van der Waals surface area contributed by atoms with E-state index in [2.05, 4.69) is 5.32 Å². The minimum Gasteiger partial charge on any atom is -0.486 e. The maximum absolute atomic E-state index is 12.4. The number of hydrogen-bond acceptors (Lipinski definition) is 3. The summed E-state index contributed by atoms with van der Waals surface area (Å²) in [4.78, 5) is 12.4. The largest absolute Gasteiger partial charge is 0.486 e. The molecule has 0 radical (unpaired) electrons. The first-order valence-corrected chi connectivity index (χ1v) is 11.4. The van der Waals surface area contributed by atoms with E-state index in [1.54, 1.807) is 24.3 Å². The van der Waals surface area contributed by atoms with Crippen LogP contribution in [0.15, 0.2) is 72.3 Å². The van der Waals surface area contributed by atoms with Gasteiger partial charge in [0, 0.05) is 11.6 Å². The molecule has 0 aliphatic rings. The molecule has 0 fully saturated rings. The second-order valence-electron chi connectivity index (χ2n) is 7.24. The van der Waals surface area contributed by atoms with Crippen molar-refractivity contribution in [3.05, 3.63) is 104 Å². The summed E-state index contributed by atoms with van der Waals surface area (Å²) >= 11 is 18.6. The van der Waals surface area contributed by atoms with Crippen LogP contribution >= 0.6 is 34.8 Å². The molecule has 7 heteroatoms. The summed E-state index contributed by atoms with van der Waals surface area (Å²) in [6.07, 6.45) is 3.06. The van der Waals surface area contributed by atoms with E-state index in [0.29, 0.717) is 22.9 Å². The van der Waals surface area contributed by atoms with Crippen molar-refractivity contribution in [2.24, 2.45) is 0 Å². The van der Waals surface area contributed by atoms with Crippen LogP contribution in [0.25, 0.3) is 6.08 Å². The van der Waals surface area contributed by atoms with E-state index in [9.17, 15) is 10.1 Å². The number of nitriles is 1. The molecule has 3 aromatic carbocycles. The average Bonchev–Trinajstić information content (AvgIpc) is 2.81. The van der Waals surface area contributed by atoms with Gasteiger partial charge in [-0.05, 0) is 59.9 Å². The maximum Gasteiger partial charge on any atom is 0.261 e. The lowest BCUT2D eigenvalue weighted by molar-refractivity contribution is -0.117. The van der Waals surface area contributed by atoms with Crippen LogP contribution in [0.5, 0.6) is 5.75 Å². The van der Waals surface area contributed by atoms with E-state index in [0.717, 1.165) is 18.4 Å². The maximum atomic E-state index is 12.4. The zero-order valence-corrected chi connectivity index (χ0v) is 19.9. The minimum atomic E-state index is -0.444. The first kappa shape index (κ1) is 24.7. The minimum absolute atomic E-state index is 0.0309. The first-order valence-electron chi connectivity index (χ1n) is 10.3. The number of ether oxygens (including phenoxy) is 1. The van der Waals surface area contributed by atoms with Crippen LogP contribution in [-0.4, -0.2) is 12.5 Å². The molecular formula is C26H21Cl3N2O2. The number of carbonyl (C=O) groups is 1. The van der Waals surface area contributed by atoms with E-state index in [-0.39, 0.29) is 22.2 Å². The summed E-state index contributed by atoms with van der Waals surface area (Å²) in [6.45, 7) is 0.729. The summed E-state index contributed by atoms with van der Waals surface area (Å²) in [5, 5.41) is 13.4. The topological polar surface area (TPSA) is 62.1 Å². The third-order valence-electron chi connectivity index (χ3n) is 4.76. The van der Waals surface area contributed by atoms with Crippen molar-refractivity contribution < 1.29 is 9.53 Å². The van der Waals surface area contributed by atoms with Crippen molar-refractivity contribution in [3.63, 3.8) is 0 Å². The van der Waals surface area contributed by atoms with Gasteiger partial charge < -0.3 is 10.1 Å². The predicted octanol–water partition coefficient (Wildman–Crippen LogP) is 6.88.